The van der Waals surface area contributed by atoms with Gasteiger partial charge in [0.25, 0.3) is 5.69 Å². The summed E-state index contributed by atoms with van der Waals surface area (Å²) < 4.78 is 25.3. The first-order valence-electron chi connectivity index (χ1n) is 11.9. The lowest BCUT2D eigenvalue weighted by atomic mass is 9.95. The van der Waals surface area contributed by atoms with Crippen LogP contribution in [-0.4, -0.2) is 83.9 Å². The third-order valence-corrected chi connectivity index (χ3v) is 5.83. The molecule has 10 nitrogen and oxygen atoms in total. The summed E-state index contributed by atoms with van der Waals surface area (Å²) in [6.45, 7) is 7.55. The van der Waals surface area contributed by atoms with Crippen LogP contribution < -0.4 is 4.90 Å². The second kappa shape index (κ2) is 15.6. The SMILES string of the molecule is C1COCCO1.CCCN(c1ccc([C@@H](COC)CC(=O)OC)cc1[N+](=O)[O-])C1CCOCC1. The van der Waals surface area contributed by atoms with E-state index in [1.807, 2.05) is 6.07 Å². The van der Waals surface area contributed by atoms with E-state index in [4.69, 9.17) is 23.7 Å². The van der Waals surface area contributed by atoms with E-state index in [0.717, 1.165) is 52.2 Å². The Labute approximate surface area is 201 Å². The Morgan fingerprint density at radius 3 is 2.24 bits per heavy atom. The number of hydrogen-bond donors (Lipinski definition) is 0. The van der Waals surface area contributed by atoms with Crippen LogP contribution in [0.4, 0.5) is 11.4 Å². The van der Waals surface area contributed by atoms with Crippen molar-refractivity contribution in [1.82, 2.24) is 0 Å². The van der Waals surface area contributed by atoms with Gasteiger partial charge in [0, 0.05) is 44.9 Å². The highest BCUT2D eigenvalue weighted by atomic mass is 16.6. The van der Waals surface area contributed by atoms with Crippen LogP contribution in [0, 0.1) is 10.1 Å². The van der Waals surface area contributed by atoms with Gasteiger partial charge in [-0.2, -0.15) is 0 Å². The van der Waals surface area contributed by atoms with Crippen molar-refractivity contribution >= 4 is 17.3 Å². The molecule has 2 heterocycles. The first-order chi connectivity index (χ1) is 16.5. The van der Waals surface area contributed by atoms with E-state index in [0.29, 0.717) is 24.5 Å². The van der Waals surface area contributed by atoms with Crippen LogP contribution in [0.3, 0.4) is 0 Å². The van der Waals surface area contributed by atoms with E-state index in [1.165, 1.54) is 7.11 Å². The predicted octanol–water partition coefficient (Wildman–Crippen LogP) is 3.32. The largest absolute Gasteiger partial charge is 0.469 e. The number of nitro benzene ring substituents is 1. The number of benzene rings is 1. The minimum Gasteiger partial charge on any atom is -0.469 e. The standard InChI is InChI=1S/C20H30N2O6.C4H8O2/c1-4-9-21(17-7-10-28-11-8-17)18-6-5-15(12-19(18)22(24)25)16(14-26-2)13-20(23)27-3;1-2-6-4-3-5-1/h5-6,12,16-17H,4,7-11,13-14H2,1-3H3;1-4H2/t16-;/m1./s1. The maximum absolute atomic E-state index is 11.9. The van der Waals surface area contributed by atoms with Gasteiger partial charge >= 0.3 is 5.97 Å². The molecule has 1 atom stereocenters. The summed E-state index contributed by atoms with van der Waals surface area (Å²) in [5.74, 6) is -0.670. The zero-order valence-corrected chi connectivity index (χ0v) is 20.5. The molecule has 0 spiro atoms. The molecule has 3 rings (SSSR count). The number of hydrogen-bond acceptors (Lipinski definition) is 9. The quantitative estimate of drug-likeness (QED) is 0.282. The zero-order valence-electron chi connectivity index (χ0n) is 20.5. The first-order valence-corrected chi connectivity index (χ1v) is 11.9. The lowest BCUT2D eigenvalue weighted by Crippen LogP contribution is -2.40. The maximum Gasteiger partial charge on any atom is 0.306 e. The zero-order chi connectivity index (χ0) is 24.8. The summed E-state index contributed by atoms with van der Waals surface area (Å²) in [6.07, 6.45) is 2.71. The van der Waals surface area contributed by atoms with Crippen molar-refractivity contribution in [1.29, 1.82) is 0 Å². The molecule has 2 saturated heterocycles. The lowest BCUT2D eigenvalue weighted by molar-refractivity contribution is -0.384. The molecule has 1 aromatic carbocycles. The molecule has 34 heavy (non-hydrogen) atoms. The van der Waals surface area contributed by atoms with Crippen molar-refractivity contribution < 1.29 is 33.4 Å². The molecule has 0 amide bonds. The number of anilines is 1. The molecule has 192 valence electrons. The molecule has 10 heteroatoms. The minimum atomic E-state index is -0.372. The second-order valence-electron chi connectivity index (χ2n) is 8.20. The highest BCUT2D eigenvalue weighted by Crippen LogP contribution is 2.35. The number of nitrogens with zero attached hydrogens (tertiary/aromatic N) is 2. The molecule has 0 radical (unpaired) electrons. The van der Waals surface area contributed by atoms with E-state index >= 15 is 0 Å². The molecule has 0 saturated carbocycles. The molecule has 0 unspecified atom stereocenters. The van der Waals surface area contributed by atoms with E-state index in [9.17, 15) is 14.9 Å². The number of ether oxygens (including phenoxy) is 5. The summed E-state index contributed by atoms with van der Waals surface area (Å²) in [6, 6.07) is 5.46. The van der Waals surface area contributed by atoms with Crippen molar-refractivity contribution in [2.75, 3.05) is 71.9 Å². The molecule has 1 aromatic rings. The Hall–Kier alpha value is -2.27. The summed E-state index contributed by atoms with van der Waals surface area (Å²) in [4.78, 5) is 25.4. The second-order valence-corrected chi connectivity index (χ2v) is 8.20. The van der Waals surface area contributed by atoms with E-state index in [2.05, 4.69) is 11.8 Å². The van der Waals surface area contributed by atoms with Crippen LogP contribution >= 0.6 is 0 Å². The molecule has 2 aliphatic rings. The molecule has 0 bridgehead atoms. The van der Waals surface area contributed by atoms with E-state index < -0.39 is 0 Å². The Bertz CT molecular complexity index is 739. The van der Waals surface area contributed by atoms with Gasteiger partial charge in [0.1, 0.15) is 5.69 Å². The van der Waals surface area contributed by atoms with Crippen LogP contribution in [0.25, 0.3) is 0 Å². The average Bonchev–Trinajstić information content (AvgIpc) is 2.88. The first kappa shape index (κ1) is 28.0. The number of methoxy groups -OCH3 is 2. The van der Waals surface area contributed by atoms with Gasteiger partial charge in [0.15, 0.2) is 0 Å². The number of esters is 1. The van der Waals surface area contributed by atoms with Gasteiger partial charge in [-0.05, 0) is 30.9 Å². The van der Waals surface area contributed by atoms with Gasteiger partial charge in [-0.1, -0.05) is 13.0 Å². The van der Waals surface area contributed by atoms with E-state index in [1.54, 1.807) is 19.2 Å². The lowest BCUT2D eigenvalue weighted by Gasteiger charge is -2.35. The van der Waals surface area contributed by atoms with Crippen molar-refractivity contribution in [3.63, 3.8) is 0 Å². The van der Waals surface area contributed by atoms with Gasteiger partial charge in [0.05, 0.1) is 51.5 Å². The fraction of sp³-hybridized carbons (Fsp3) is 0.708. The Morgan fingerprint density at radius 2 is 1.74 bits per heavy atom. The van der Waals surface area contributed by atoms with Crippen molar-refractivity contribution in [3.8, 4) is 0 Å². The molecular weight excluding hydrogens is 444 g/mol. The monoisotopic (exact) mass is 482 g/mol. The third kappa shape index (κ3) is 8.83. The molecular formula is C24H38N2O8. The normalized spacial score (nSPS) is 17.3. The Morgan fingerprint density at radius 1 is 1.12 bits per heavy atom. The molecule has 0 aliphatic carbocycles. The Kier molecular flexibility index (Phi) is 12.8. The highest BCUT2D eigenvalue weighted by Gasteiger charge is 2.28. The smallest absolute Gasteiger partial charge is 0.306 e. The van der Waals surface area contributed by atoms with Crippen LogP contribution in [0.1, 0.15) is 44.1 Å². The number of nitro groups is 1. The van der Waals surface area contributed by atoms with Crippen molar-refractivity contribution in [2.24, 2.45) is 0 Å². The molecule has 0 N–H and O–H groups in total. The van der Waals surface area contributed by atoms with Crippen LogP contribution in [-0.2, 0) is 28.5 Å². The van der Waals surface area contributed by atoms with Crippen molar-refractivity contribution in [2.45, 2.75) is 44.6 Å². The summed E-state index contributed by atoms with van der Waals surface area (Å²) in [7, 11) is 2.87. The third-order valence-electron chi connectivity index (χ3n) is 5.83. The fourth-order valence-corrected chi connectivity index (χ4v) is 4.12. The topological polar surface area (TPSA) is 110 Å². The van der Waals surface area contributed by atoms with Crippen LogP contribution in [0.15, 0.2) is 18.2 Å². The molecule has 0 aromatic heterocycles. The average molecular weight is 483 g/mol. The Balaban J connectivity index is 0.000000589. The fourth-order valence-electron chi connectivity index (χ4n) is 4.12. The van der Waals surface area contributed by atoms with Gasteiger partial charge in [-0.25, -0.2) is 0 Å². The van der Waals surface area contributed by atoms with Gasteiger partial charge in [-0.3, -0.25) is 14.9 Å². The maximum atomic E-state index is 11.9. The van der Waals surface area contributed by atoms with Gasteiger partial charge in [0.2, 0.25) is 0 Å². The molecule has 2 fully saturated rings. The number of carbonyl (C=O) groups is 1. The van der Waals surface area contributed by atoms with Crippen LogP contribution in [0.2, 0.25) is 0 Å². The van der Waals surface area contributed by atoms with Gasteiger partial charge in [-0.15, -0.1) is 0 Å². The summed E-state index contributed by atoms with van der Waals surface area (Å²) in [5.41, 5.74) is 1.38. The van der Waals surface area contributed by atoms with Gasteiger partial charge < -0.3 is 28.6 Å². The summed E-state index contributed by atoms with van der Waals surface area (Å²) in [5, 5.41) is 11.9. The minimum absolute atomic E-state index is 0.0587. The number of rotatable bonds is 10. The van der Waals surface area contributed by atoms with E-state index in [-0.39, 0.29) is 41.6 Å². The molecule has 2 aliphatic heterocycles. The highest BCUT2D eigenvalue weighted by molar-refractivity contribution is 5.71. The van der Waals surface area contributed by atoms with Crippen LogP contribution in [0.5, 0.6) is 0 Å². The summed E-state index contributed by atoms with van der Waals surface area (Å²) >= 11 is 0. The predicted molar refractivity (Wildman–Crippen MR) is 127 cm³/mol. The van der Waals surface area contributed by atoms with Crippen molar-refractivity contribution in [3.05, 3.63) is 33.9 Å². The number of carbonyl (C=O) groups excluding carboxylic acids is 1.